The Bertz CT molecular complexity index is 3740. The lowest BCUT2D eigenvalue weighted by Gasteiger charge is -2.33. The Balaban J connectivity index is 0.000000132. The average Bonchev–Trinajstić information content (AvgIpc) is 4.06. The number of nitrogens with zero attached hydrogens (tertiary/aromatic N) is 2. The van der Waals surface area contributed by atoms with Crippen molar-refractivity contribution >= 4 is 44.9 Å². The largest absolute Gasteiger partial charge is 0.344 e. The van der Waals surface area contributed by atoms with E-state index < -0.39 is 0 Å². The Hall–Kier alpha value is -7.94. The van der Waals surface area contributed by atoms with Crippen molar-refractivity contribution < 1.29 is 0 Å². The second-order valence-electron chi connectivity index (χ2n) is 18.3. The minimum absolute atomic E-state index is 0.332. The number of hydrogen-bond acceptors (Lipinski definition) is 0. The maximum absolute atomic E-state index is 2.47. The van der Waals surface area contributed by atoms with Crippen LogP contribution in [0.5, 0.6) is 0 Å². The molecule has 0 atom stereocenters. The molecule has 0 bridgehead atoms. The van der Waals surface area contributed by atoms with E-state index in [0.717, 1.165) is 12.8 Å². The first kappa shape index (κ1) is 38.5. The third-order valence-electron chi connectivity index (χ3n) is 15.2. The number of benzene rings is 9. The predicted molar refractivity (Wildman–Crippen MR) is 275 cm³/mol. The molecule has 2 aromatic heterocycles. The van der Waals surface area contributed by atoms with Gasteiger partial charge in [0.05, 0.1) is 16.3 Å². The summed E-state index contributed by atoms with van der Waals surface area (Å²) in [4.78, 5) is 0. The predicted octanol–water partition coefficient (Wildman–Crippen LogP) is 13.6. The number of fused-ring (bicyclic) bond motifs is 13. The lowest BCUT2D eigenvalue weighted by molar-refractivity contribution is 0.768. The summed E-state index contributed by atoms with van der Waals surface area (Å²) in [6.07, 6.45) is 7.07. The molecular formula is C64H48N2. The molecular weight excluding hydrogens is 797 g/mol. The SMILES string of the molecule is Cn1c2c(c3ccc4c(c31)-c1ccccc1C4(c1ccccc1)c1ccccc1)=CCCC=2.Cn1c2ccccc2c2cc3c(cc21)-c1ccccc1C3(c1ccccc1)c1ccccc1. The van der Waals surface area contributed by atoms with Crippen molar-refractivity contribution in [3.8, 4) is 22.3 Å². The van der Waals surface area contributed by atoms with E-state index in [4.69, 9.17) is 0 Å². The zero-order chi connectivity index (χ0) is 44.0. The van der Waals surface area contributed by atoms with Crippen LogP contribution in [0.15, 0.2) is 218 Å². The molecule has 0 unspecified atom stereocenters. The Kier molecular flexibility index (Phi) is 8.64. The highest BCUT2D eigenvalue weighted by Gasteiger charge is 2.48. The summed E-state index contributed by atoms with van der Waals surface area (Å²) in [5.41, 5.74) is 19.3. The van der Waals surface area contributed by atoms with E-state index in [2.05, 4.69) is 254 Å². The Morgan fingerprint density at radius 1 is 0.348 bits per heavy atom. The molecule has 0 radical (unpaired) electrons. The maximum atomic E-state index is 2.47. The minimum atomic E-state index is -0.348. The van der Waals surface area contributed by atoms with Gasteiger partial charge in [0.2, 0.25) is 0 Å². The fraction of sp³-hybridized carbons (Fsp3) is 0.0938. The lowest BCUT2D eigenvalue weighted by atomic mass is 9.67. The number of aromatic nitrogens is 2. The van der Waals surface area contributed by atoms with Crippen molar-refractivity contribution in [3.63, 3.8) is 0 Å². The van der Waals surface area contributed by atoms with Crippen LogP contribution >= 0.6 is 0 Å². The first-order valence-electron chi connectivity index (χ1n) is 23.4. The fourth-order valence-electron chi connectivity index (χ4n) is 12.5. The molecule has 0 saturated heterocycles. The number of para-hydroxylation sites is 1. The van der Waals surface area contributed by atoms with Gasteiger partial charge >= 0.3 is 0 Å². The van der Waals surface area contributed by atoms with Gasteiger partial charge in [0, 0.05) is 57.4 Å². The molecule has 2 heterocycles. The topological polar surface area (TPSA) is 9.86 Å². The second-order valence-corrected chi connectivity index (χ2v) is 18.3. The van der Waals surface area contributed by atoms with Crippen molar-refractivity contribution in [2.45, 2.75) is 23.7 Å². The molecule has 0 spiro atoms. The van der Waals surface area contributed by atoms with Gasteiger partial charge in [-0.1, -0.05) is 212 Å². The highest BCUT2D eigenvalue weighted by atomic mass is 14.9. The zero-order valence-electron chi connectivity index (χ0n) is 37.2. The van der Waals surface area contributed by atoms with Gasteiger partial charge in [-0.05, 0) is 92.2 Å². The molecule has 2 heteroatoms. The molecule has 0 amide bonds. The van der Waals surface area contributed by atoms with Gasteiger partial charge in [-0.2, -0.15) is 0 Å². The van der Waals surface area contributed by atoms with Crippen LogP contribution < -0.4 is 10.6 Å². The van der Waals surface area contributed by atoms with Crippen LogP contribution in [-0.2, 0) is 24.9 Å². The third-order valence-corrected chi connectivity index (χ3v) is 15.2. The quantitative estimate of drug-likeness (QED) is 0.167. The van der Waals surface area contributed by atoms with E-state index >= 15 is 0 Å². The van der Waals surface area contributed by atoms with Crippen LogP contribution in [-0.4, -0.2) is 9.13 Å². The molecule has 0 fully saturated rings. The maximum Gasteiger partial charge on any atom is 0.0714 e. The summed E-state index contributed by atoms with van der Waals surface area (Å²) in [5, 5.41) is 6.75. The molecule has 14 rings (SSSR count). The van der Waals surface area contributed by atoms with Gasteiger partial charge in [-0.3, -0.25) is 0 Å². The third kappa shape index (κ3) is 5.18. The Morgan fingerprint density at radius 2 is 0.848 bits per heavy atom. The highest BCUT2D eigenvalue weighted by molar-refractivity contribution is 6.11. The summed E-state index contributed by atoms with van der Waals surface area (Å²) in [5.74, 6) is 0. The van der Waals surface area contributed by atoms with E-state index in [1.807, 2.05) is 0 Å². The molecule has 0 aliphatic heterocycles. The molecule has 3 aliphatic carbocycles. The summed E-state index contributed by atoms with van der Waals surface area (Å²) >= 11 is 0. The van der Waals surface area contributed by atoms with E-state index in [1.165, 1.54) is 110 Å². The van der Waals surface area contributed by atoms with Crippen LogP contribution in [0.4, 0.5) is 0 Å². The Morgan fingerprint density at radius 3 is 1.47 bits per heavy atom. The van der Waals surface area contributed by atoms with Crippen LogP contribution in [0.25, 0.3) is 67.1 Å². The van der Waals surface area contributed by atoms with E-state index in [9.17, 15) is 0 Å². The number of aryl methyl sites for hydroxylation is 2. The van der Waals surface area contributed by atoms with Crippen LogP contribution in [0.3, 0.4) is 0 Å². The monoisotopic (exact) mass is 844 g/mol. The summed E-state index contributed by atoms with van der Waals surface area (Å²) in [6.45, 7) is 0. The number of rotatable bonds is 4. The summed E-state index contributed by atoms with van der Waals surface area (Å²) in [6, 6.07) is 80.5. The van der Waals surface area contributed by atoms with Gasteiger partial charge < -0.3 is 9.13 Å². The van der Waals surface area contributed by atoms with Crippen molar-refractivity contribution in [1.82, 2.24) is 9.13 Å². The van der Waals surface area contributed by atoms with Gasteiger partial charge in [-0.15, -0.1) is 0 Å². The van der Waals surface area contributed by atoms with Crippen LogP contribution in [0.2, 0.25) is 0 Å². The molecule has 314 valence electrons. The fourth-order valence-corrected chi connectivity index (χ4v) is 12.5. The molecule has 3 aliphatic rings. The second kappa shape index (κ2) is 14.8. The minimum Gasteiger partial charge on any atom is -0.344 e. The van der Waals surface area contributed by atoms with Crippen molar-refractivity contribution in [1.29, 1.82) is 0 Å². The standard InChI is InChI=1S/C32H25N.C32H23N/c1-33-29-19-11-9-16-24(29)25-20-21-28-30(31(25)33)26-17-8-10-18-27(26)32(28,22-12-4-2-5-13-22)23-14-6-3-7-15-23;1-33-30-19-11-9-17-25(30)27-20-29-26(21-31(27)33)24-16-8-10-18-28(24)32(29,22-12-4-2-5-13-22)23-14-6-3-7-15-23/h2-8,10,12-21H,9,11H2,1H3;2-21H,1H3. The van der Waals surface area contributed by atoms with Gasteiger partial charge in [0.1, 0.15) is 0 Å². The molecule has 0 saturated carbocycles. The molecule has 66 heavy (non-hydrogen) atoms. The van der Waals surface area contributed by atoms with Gasteiger partial charge in [-0.25, -0.2) is 0 Å². The normalized spacial score (nSPS) is 14.6. The van der Waals surface area contributed by atoms with Gasteiger partial charge in [0.15, 0.2) is 0 Å². The van der Waals surface area contributed by atoms with Crippen LogP contribution in [0.1, 0.15) is 57.3 Å². The van der Waals surface area contributed by atoms with Crippen molar-refractivity contribution in [2.75, 3.05) is 0 Å². The molecule has 9 aromatic carbocycles. The summed E-state index contributed by atoms with van der Waals surface area (Å²) < 4.78 is 4.76. The lowest BCUT2D eigenvalue weighted by Crippen LogP contribution is -2.29. The zero-order valence-corrected chi connectivity index (χ0v) is 37.2. The van der Waals surface area contributed by atoms with Gasteiger partial charge in [0.25, 0.3) is 0 Å². The smallest absolute Gasteiger partial charge is 0.0714 e. The first-order valence-corrected chi connectivity index (χ1v) is 23.4. The van der Waals surface area contributed by atoms with Crippen molar-refractivity contribution in [3.05, 3.63) is 273 Å². The van der Waals surface area contributed by atoms with Crippen LogP contribution in [0, 0.1) is 0 Å². The first-order chi connectivity index (χ1) is 32.6. The van der Waals surface area contributed by atoms with Crippen molar-refractivity contribution in [2.24, 2.45) is 14.1 Å². The summed E-state index contributed by atoms with van der Waals surface area (Å²) in [7, 11) is 4.42. The highest BCUT2D eigenvalue weighted by Crippen LogP contribution is 2.59. The van der Waals surface area contributed by atoms with E-state index in [1.54, 1.807) is 0 Å². The molecule has 2 nitrogen and oxygen atoms in total. The van der Waals surface area contributed by atoms with E-state index in [-0.39, 0.29) is 10.8 Å². The van der Waals surface area contributed by atoms with E-state index in [0.29, 0.717) is 0 Å². The molecule has 0 N–H and O–H groups in total. The Labute approximate surface area is 385 Å². The average molecular weight is 845 g/mol. The number of hydrogen-bond donors (Lipinski definition) is 0. The molecule has 11 aromatic rings.